The SMILES string of the molecule is CCN=C(C(=O)N1CCCCC1)C1=C(C)CCN(C(=O)c2cc3ccccc3[nH]2)C1. The molecule has 2 aliphatic rings. The van der Waals surface area contributed by atoms with E-state index in [1.807, 2.05) is 47.1 Å². The topological polar surface area (TPSA) is 68.8 Å². The highest BCUT2D eigenvalue weighted by atomic mass is 16.2. The molecule has 3 heterocycles. The average Bonchev–Trinajstić information content (AvgIpc) is 3.22. The maximum Gasteiger partial charge on any atom is 0.272 e. The molecule has 0 bridgehead atoms. The van der Waals surface area contributed by atoms with Crippen molar-refractivity contribution < 1.29 is 9.59 Å². The number of piperidine rings is 1. The van der Waals surface area contributed by atoms with Crippen molar-refractivity contribution in [2.24, 2.45) is 4.99 Å². The molecule has 1 aromatic heterocycles. The van der Waals surface area contributed by atoms with E-state index in [1.165, 1.54) is 6.42 Å². The van der Waals surface area contributed by atoms with E-state index in [0.717, 1.165) is 54.4 Å². The number of nitrogens with zero attached hydrogens (tertiary/aromatic N) is 3. The summed E-state index contributed by atoms with van der Waals surface area (Å²) >= 11 is 0. The molecule has 2 amide bonds. The third kappa shape index (κ3) is 4.04. The lowest BCUT2D eigenvalue weighted by atomic mass is 9.95. The number of rotatable bonds is 4. The third-order valence-electron chi connectivity index (χ3n) is 6.12. The van der Waals surface area contributed by atoms with Crippen molar-refractivity contribution in [3.63, 3.8) is 0 Å². The van der Waals surface area contributed by atoms with Crippen LogP contribution in [0.2, 0.25) is 0 Å². The van der Waals surface area contributed by atoms with Crippen LogP contribution in [0.4, 0.5) is 0 Å². The fourth-order valence-electron chi connectivity index (χ4n) is 4.36. The van der Waals surface area contributed by atoms with Crippen molar-refractivity contribution in [1.29, 1.82) is 0 Å². The Kier molecular flexibility index (Phi) is 6.02. The van der Waals surface area contributed by atoms with Crippen LogP contribution >= 0.6 is 0 Å². The maximum atomic E-state index is 13.2. The van der Waals surface area contributed by atoms with E-state index in [9.17, 15) is 9.59 Å². The van der Waals surface area contributed by atoms with Gasteiger partial charge in [0, 0.05) is 49.2 Å². The van der Waals surface area contributed by atoms with Gasteiger partial charge in [0.15, 0.2) is 0 Å². The molecule has 1 saturated heterocycles. The second-order valence-electron chi connectivity index (χ2n) is 8.18. The van der Waals surface area contributed by atoms with E-state index in [0.29, 0.717) is 31.0 Å². The molecule has 158 valence electrons. The van der Waals surface area contributed by atoms with Crippen molar-refractivity contribution in [3.8, 4) is 0 Å². The van der Waals surface area contributed by atoms with Gasteiger partial charge < -0.3 is 14.8 Å². The number of carbonyl (C=O) groups excluding carboxylic acids is 2. The zero-order valence-electron chi connectivity index (χ0n) is 17.9. The quantitative estimate of drug-likeness (QED) is 0.785. The first-order valence-electron chi connectivity index (χ1n) is 11.0. The lowest BCUT2D eigenvalue weighted by Gasteiger charge is -2.32. The summed E-state index contributed by atoms with van der Waals surface area (Å²) in [5.74, 6) is -0.0109. The predicted octanol–water partition coefficient (Wildman–Crippen LogP) is 3.80. The van der Waals surface area contributed by atoms with Gasteiger partial charge >= 0.3 is 0 Å². The predicted molar refractivity (Wildman–Crippen MR) is 120 cm³/mol. The minimum absolute atomic E-state index is 0.0193. The summed E-state index contributed by atoms with van der Waals surface area (Å²) in [7, 11) is 0. The molecule has 1 aromatic carbocycles. The molecule has 0 saturated carbocycles. The van der Waals surface area contributed by atoms with Gasteiger partial charge in [0.25, 0.3) is 11.8 Å². The smallest absolute Gasteiger partial charge is 0.272 e. The highest BCUT2D eigenvalue weighted by molar-refractivity contribution is 6.45. The van der Waals surface area contributed by atoms with Crippen LogP contribution < -0.4 is 0 Å². The van der Waals surface area contributed by atoms with Gasteiger partial charge in [-0.25, -0.2) is 0 Å². The number of carbonyl (C=O) groups is 2. The molecule has 1 N–H and O–H groups in total. The van der Waals surface area contributed by atoms with Crippen LogP contribution in [0.5, 0.6) is 0 Å². The number of hydrogen-bond donors (Lipinski definition) is 1. The van der Waals surface area contributed by atoms with Crippen LogP contribution in [0.1, 0.15) is 50.0 Å². The number of likely N-dealkylation sites (tertiary alicyclic amines) is 1. The number of benzene rings is 1. The summed E-state index contributed by atoms with van der Waals surface area (Å²) in [4.78, 5) is 38.1. The molecule has 0 atom stereocenters. The normalized spacial score (nSPS) is 18.3. The van der Waals surface area contributed by atoms with E-state index >= 15 is 0 Å². The van der Waals surface area contributed by atoms with Gasteiger partial charge in [0.05, 0.1) is 0 Å². The van der Waals surface area contributed by atoms with Crippen LogP contribution in [0, 0.1) is 0 Å². The van der Waals surface area contributed by atoms with Crippen LogP contribution in [-0.4, -0.2) is 65.0 Å². The molecule has 2 aliphatic heterocycles. The van der Waals surface area contributed by atoms with Crippen molar-refractivity contribution >= 4 is 28.4 Å². The summed E-state index contributed by atoms with van der Waals surface area (Å²) in [6, 6.07) is 9.80. The second-order valence-corrected chi connectivity index (χ2v) is 8.18. The monoisotopic (exact) mass is 406 g/mol. The summed E-state index contributed by atoms with van der Waals surface area (Å²) in [5, 5.41) is 1.03. The number of fused-ring (bicyclic) bond motifs is 1. The van der Waals surface area contributed by atoms with Crippen molar-refractivity contribution in [2.45, 2.75) is 39.5 Å². The van der Waals surface area contributed by atoms with E-state index in [2.05, 4.69) is 16.9 Å². The van der Waals surface area contributed by atoms with E-state index in [-0.39, 0.29) is 11.8 Å². The summed E-state index contributed by atoms with van der Waals surface area (Å²) < 4.78 is 0. The van der Waals surface area contributed by atoms with Crippen molar-refractivity contribution in [2.75, 3.05) is 32.7 Å². The van der Waals surface area contributed by atoms with E-state index < -0.39 is 0 Å². The molecule has 0 spiro atoms. The van der Waals surface area contributed by atoms with Gasteiger partial charge in [-0.3, -0.25) is 14.6 Å². The molecule has 6 heteroatoms. The molecule has 0 radical (unpaired) electrons. The number of hydrogen-bond acceptors (Lipinski definition) is 3. The van der Waals surface area contributed by atoms with Crippen molar-refractivity contribution in [1.82, 2.24) is 14.8 Å². The number of aliphatic imine (C=N–C) groups is 1. The fourth-order valence-corrected chi connectivity index (χ4v) is 4.36. The second kappa shape index (κ2) is 8.86. The average molecular weight is 407 g/mol. The Bertz CT molecular complexity index is 978. The number of aromatic amines is 1. The lowest BCUT2D eigenvalue weighted by molar-refractivity contribution is -0.124. The Hall–Kier alpha value is -2.89. The zero-order chi connectivity index (χ0) is 21.1. The minimum Gasteiger partial charge on any atom is -0.351 e. The minimum atomic E-state index is -0.0301. The van der Waals surface area contributed by atoms with E-state index in [4.69, 9.17) is 0 Å². The van der Waals surface area contributed by atoms with E-state index in [1.54, 1.807) is 0 Å². The summed E-state index contributed by atoms with van der Waals surface area (Å²) in [6.07, 6.45) is 4.04. The molecule has 6 nitrogen and oxygen atoms in total. The molecule has 1 fully saturated rings. The van der Waals surface area contributed by atoms with Gasteiger partial charge in [-0.15, -0.1) is 0 Å². The van der Waals surface area contributed by atoms with Crippen LogP contribution in [0.15, 0.2) is 46.5 Å². The standard InChI is InChI=1S/C24H30N4O2/c1-3-25-22(24(30)27-12-7-4-8-13-27)19-16-28(14-11-17(19)2)23(29)21-15-18-9-5-6-10-20(18)26-21/h5-6,9-10,15,26H,3-4,7-8,11-14,16H2,1-2H3. The third-order valence-corrected chi connectivity index (χ3v) is 6.12. The Morgan fingerprint density at radius 3 is 2.57 bits per heavy atom. The number of aromatic nitrogens is 1. The highest BCUT2D eigenvalue weighted by Crippen LogP contribution is 2.24. The zero-order valence-corrected chi connectivity index (χ0v) is 17.9. The first kappa shape index (κ1) is 20.4. The molecule has 30 heavy (non-hydrogen) atoms. The molecule has 4 rings (SSSR count). The molecular formula is C24H30N4O2. The maximum absolute atomic E-state index is 13.2. The first-order chi connectivity index (χ1) is 14.6. The van der Waals surface area contributed by atoms with Gasteiger partial charge in [0.1, 0.15) is 11.4 Å². The molecule has 0 aliphatic carbocycles. The lowest BCUT2D eigenvalue weighted by Crippen LogP contribution is -2.45. The van der Waals surface area contributed by atoms with Gasteiger partial charge in [-0.2, -0.15) is 0 Å². The van der Waals surface area contributed by atoms with Crippen molar-refractivity contribution in [3.05, 3.63) is 47.2 Å². The molecule has 2 aromatic rings. The fraction of sp³-hybridized carbons (Fsp3) is 0.458. The van der Waals surface area contributed by atoms with Gasteiger partial charge in [-0.1, -0.05) is 23.8 Å². The van der Waals surface area contributed by atoms with Crippen LogP contribution in [0.25, 0.3) is 10.9 Å². The Labute approximate surface area is 177 Å². The van der Waals surface area contributed by atoms with Crippen LogP contribution in [0.3, 0.4) is 0 Å². The number of amides is 2. The number of para-hydroxylation sites is 1. The Morgan fingerprint density at radius 1 is 1.07 bits per heavy atom. The first-order valence-corrected chi connectivity index (χ1v) is 11.0. The molecule has 0 unspecified atom stereocenters. The number of H-pyrrole nitrogens is 1. The number of nitrogens with one attached hydrogen (secondary N) is 1. The Morgan fingerprint density at radius 2 is 1.83 bits per heavy atom. The van der Waals surface area contributed by atoms with Gasteiger partial charge in [0.2, 0.25) is 0 Å². The summed E-state index contributed by atoms with van der Waals surface area (Å²) in [5.41, 5.74) is 4.17. The highest BCUT2D eigenvalue weighted by Gasteiger charge is 2.30. The van der Waals surface area contributed by atoms with Gasteiger partial charge in [-0.05, 0) is 51.7 Å². The summed E-state index contributed by atoms with van der Waals surface area (Å²) in [6.45, 7) is 7.25. The molecular weight excluding hydrogens is 376 g/mol. The largest absolute Gasteiger partial charge is 0.351 e. The Balaban J connectivity index is 1.57. The van der Waals surface area contributed by atoms with Crippen LogP contribution in [-0.2, 0) is 4.79 Å².